The van der Waals surface area contributed by atoms with Gasteiger partial charge in [0.25, 0.3) is 0 Å². The van der Waals surface area contributed by atoms with Crippen molar-refractivity contribution in [2.24, 2.45) is 11.7 Å². The summed E-state index contributed by atoms with van der Waals surface area (Å²) in [5, 5.41) is 0. The molecule has 1 rings (SSSR count). The monoisotopic (exact) mass is 229 g/mol. The molecule has 0 heterocycles. The highest BCUT2D eigenvalue weighted by Gasteiger charge is 2.34. The summed E-state index contributed by atoms with van der Waals surface area (Å²) in [5.41, 5.74) is 5.86. The summed E-state index contributed by atoms with van der Waals surface area (Å²) in [4.78, 5) is 0. The molecule has 0 aromatic rings. The summed E-state index contributed by atoms with van der Waals surface area (Å²) in [5.74, 6) is 0.891. The second kappa shape index (κ2) is 7.25. The first kappa shape index (κ1) is 13.9. The van der Waals surface area contributed by atoms with Crippen molar-refractivity contribution in [3.05, 3.63) is 0 Å². The van der Waals surface area contributed by atoms with E-state index in [1.54, 1.807) is 7.11 Å². The van der Waals surface area contributed by atoms with E-state index in [4.69, 9.17) is 15.2 Å². The highest BCUT2D eigenvalue weighted by molar-refractivity contribution is 4.88. The van der Waals surface area contributed by atoms with Crippen LogP contribution in [0.5, 0.6) is 0 Å². The topological polar surface area (TPSA) is 44.5 Å². The molecule has 0 bridgehead atoms. The molecular weight excluding hydrogens is 202 g/mol. The van der Waals surface area contributed by atoms with Crippen LogP contribution in [-0.2, 0) is 9.47 Å². The quantitative estimate of drug-likeness (QED) is 0.681. The van der Waals surface area contributed by atoms with E-state index in [0.29, 0.717) is 6.54 Å². The molecule has 96 valence electrons. The zero-order valence-electron chi connectivity index (χ0n) is 10.8. The van der Waals surface area contributed by atoms with Gasteiger partial charge in [-0.2, -0.15) is 0 Å². The summed E-state index contributed by atoms with van der Waals surface area (Å²) in [6.45, 7) is 4.50. The van der Waals surface area contributed by atoms with Gasteiger partial charge in [-0.1, -0.05) is 13.3 Å². The number of hydrogen-bond donors (Lipinski definition) is 1. The highest BCUT2D eigenvalue weighted by atomic mass is 16.5. The Kier molecular flexibility index (Phi) is 6.32. The van der Waals surface area contributed by atoms with E-state index in [1.807, 2.05) is 0 Å². The Morgan fingerprint density at radius 1 is 1.25 bits per heavy atom. The molecule has 0 aliphatic heterocycles. The van der Waals surface area contributed by atoms with E-state index < -0.39 is 0 Å². The maximum Gasteiger partial charge on any atom is 0.0804 e. The summed E-state index contributed by atoms with van der Waals surface area (Å²) in [6.07, 6.45) is 7.08. The first-order valence-corrected chi connectivity index (χ1v) is 6.59. The third-order valence-electron chi connectivity index (χ3n) is 3.87. The van der Waals surface area contributed by atoms with Crippen LogP contribution in [-0.4, -0.2) is 32.5 Å². The zero-order valence-corrected chi connectivity index (χ0v) is 10.8. The third kappa shape index (κ3) is 4.04. The highest BCUT2D eigenvalue weighted by Crippen LogP contribution is 2.35. The standard InChI is InChI=1S/C13H27NO2/c1-3-12-5-7-13(11-14,8-6-12)16-10-4-9-15-2/h12H,3-11,14H2,1-2H3. The largest absolute Gasteiger partial charge is 0.385 e. The number of methoxy groups -OCH3 is 1. The fourth-order valence-electron chi connectivity index (χ4n) is 2.51. The molecule has 0 aromatic heterocycles. The summed E-state index contributed by atoms with van der Waals surface area (Å²) in [6, 6.07) is 0. The summed E-state index contributed by atoms with van der Waals surface area (Å²) < 4.78 is 11.0. The first-order valence-electron chi connectivity index (χ1n) is 6.59. The molecule has 0 spiro atoms. The molecule has 1 aliphatic rings. The van der Waals surface area contributed by atoms with Crippen molar-refractivity contribution in [2.45, 2.75) is 51.0 Å². The van der Waals surface area contributed by atoms with Crippen molar-refractivity contribution in [1.29, 1.82) is 0 Å². The smallest absolute Gasteiger partial charge is 0.0804 e. The van der Waals surface area contributed by atoms with E-state index >= 15 is 0 Å². The van der Waals surface area contributed by atoms with Crippen LogP contribution in [0.3, 0.4) is 0 Å². The number of nitrogens with two attached hydrogens (primary N) is 1. The molecule has 0 unspecified atom stereocenters. The fraction of sp³-hybridized carbons (Fsp3) is 1.00. The van der Waals surface area contributed by atoms with E-state index in [1.165, 1.54) is 19.3 Å². The van der Waals surface area contributed by atoms with Gasteiger partial charge >= 0.3 is 0 Å². The maximum absolute atomic E-state index is 6.01. The lowest BCUT2D eigenvalue weighted by atomic mass is 9.77. The SMILES string of the molecule is CCC1CCC(CN)(OCCCOC)CC1. The Hall–Kier alpha value is -0.120. The van der Waals surface area contributed by atoms with E-state index in [2.05, 4.69) is 6.92 Å². The van der Waals surface area contributed by atoms with Crippen molar-refractivity contribution in [2.75, 3.05) is 26.9 Å². The Morgan fingerprint density at radius 3 is 2.44 bits per heavy atom. The van der Waals surface area contributed by atoms with Gasteiger partial charge in [0.15, 0.2) is 0 Å². The molecule has 1 saturated carbocycles. The molecule has 1 aliphatic carbocycles. The lowest BCUT2D eigenvalue weighted by Gasteiger charge is -2.39. The molecule has 0 saturated heterocycles. The molecule has 1 fully saturated rings. The Bertz CT molecular complexity index is 177. The van der Waals surface area contributed by atoms with Gasteiger partial charge in [0, 0.05) is 26.9 Å². The third-order valence-corrected chi connectivity index (χ3v) is 3.87. The van der Waals surface area contributed by atoms with Gasteiger partial charge in [0.1, 0.15) is 0 Å². The molecule has 16 heavy (non-hydrogen) atoms. The van der Waals surface area contributed by atoms with Crippen molar-refractivity contribution in [3.63, 3.8) is 0 Å². The van der Waals surface area contributed by atoms with Gasteiger partial charge < -0.3 is 15.2 Å². The van der Waals surface area contributed by atoms with Gasteiger partial charge in [0.05, 0.1) is 5.60 Å². The van der Waals surface area contributed by atoms with Crippen molar-refractivity contribution >= 4 is 0 Å². The number of hydrogen-bond acceptors (Lipinski definition) is 3. The molecule has 0 aromatic carbocycles. The van der Waals surface area contributed by atoms with Crippen LogP contribution >= 0.6 is 0 Å². The van der Waals surface area contributed by atoms with Crippen LogP contribution in [0.15, 0.2) is 0 Å². The minimum atomic E-state index is -0.0284. The van der Waals surface area contributed by atoms with Crippen LogP contribution in [0.25, 0.3) is 0 Å². The number of ether oxygens (including phenoxy) is 2. The Morgan fingerprint density at radius 2 is 1.94 bits per heavy atom. The minimum Gasteiger partial charge on any atom is -0.385 e. The zero-order chi connectivity index (χ0) is 11.9. The van der Waals surface area contributed by atoms with Gasteiger partial charge in [-0.15, -0.1) is 0 Å². The molecule has 2 N–H and O–H groups in total. The van der Waals surface area contributed by atoms with Crippen LogP contribution in [0.2, 0.25) is 0 Å². The first-order chi connectivity index (χ1) is 7.76. The second-order valence-corrected chi connectivity index (χ2v) is 4.93. The van der Waals surface area contributed by atoms with E-state index in [9.17, 15) is 0 Å². The van der Waals surface area contributed by atoms with E-state index in [0.717, 1.165) is 38.4 Å². The van der Waals surface area contributed by atoms with Gasteiger partial charge in [-0.25, -0.2) is 0 Å². The number of rotatable bonds is 7. The van der Waals surface area contributed by atoms with Crippen molar-refractivity contribution in [1.82, 2.24) is 0 Å². The van der Waals surface area contributed by atoms with Crippen LogP contribution in [0, 0.1) is 5.92 Å². The van der Waals surface area contributed by atoms with Gasteiger partial charge in [-0.3, -0.25) is 0 Å². The summed E-state index contributed by atoms with van der Waals surface area (Å²) in [7, 11) is 1.73. The average Bonchev–Trinajstić information content (AvgIpc) is 2.35. The fourth-order valence-corrected chi connectivity index (χ4v) is 2.51. The molecule has 0 amide bonds. The summed E-state index contributed by atoms with van der Waals surface area (Å²) >= 11 is 0. The molecule has 3 heteroatoms. The predicted molar refractivity (Wildman–Crippen MR) is 66.5 cm³/mol. The molecule has 3 nitrogen and oxygen atoms in total. The van der Waals surface area contributed by atoms with E-state index in [-0.39, 0.29) is 5.60 Å². The lowest BCUT2D eigenvalue weighted by Crippen LogP contribution is -2.44. The second-order valence-electron chi connectivity index (χ2n) is 4.93. The van der Waals surface area contributed by atoms with Crippen molar-refractivity contribution in [3.8, 4) is 0 Å². The van der Waals surface area contributed by atoms with Gasteiger partial charge in [0.2, 0.25) is 0 Å². The predicted octanol–water partition coefficient (Wildman–Crippen LogP) is 2.34. The Labute approximate surface area is 99.7 Å². The average molecular weight is 229 g/mol. The maximum atomic E-state index is 6.01. The van der Waals surface area contributed by atoms with Crippen LogP contribution in [0.4, 0.5) is 0 Å². The minimum absolute atomic E-state index is 0.0284. The molecular formula is C13H27NO2. The van der Waals surface area contributed by atoms with Crippen LogP contribution in [0.1, 0.15) is 45.4 Å². The van der Waals surface area contributed by atoms with Crippen molar-refractivity contribution < 1.29 is 9.47 Å². The Balaban J connectivity index is 2.28. The van der Waals surface area contributed by atoms with Crippen LogP contribution < -0.4 is 5.73 Å². The van der Waals surface area contributed by atoms with Gasteiger partial charge in [-0.05, 0) is 38.0 Å². The lowest BCUT2D eigenvalue weighted by molar-refractivity contribution is -0.0755. The normalized spacial score (nSPS) is 30.6. The molecule has 0 atom stereocenters. The molecule has 0 radical (unpaired) electrons.